The first kappa shape index (κ1) is 13.1. The second kappa shape index (κ2) is 5.12. The Morgan fingerprint density at radius 1 is 0.889 bits per heavy atom. The van der Waals surface area contributed by atoms with E-state index in [4.69, 9.17) is 10.7 Å². The van der Waals surface area contributed by atoms with Crippen molar-refractivity contribution in [3.63, 3.8) is 0 Å². The number of benzene rings is 2. The fourth-order valence-corrected chi connectivity index (χ4v) is 2.51. The van der Waals surface area contributed by atoms with E-state index in [2.05, 4.69) is 19.1 Å². The SMILES string of the molecule is CCc1ccc(-c2ccc(S(=O)(=O)Cl)cc2)cc1. The average Bonchev–Trinajstić information content (AvgIpc) is 2.38. The van der Waals surface area contributed by atoms with Crippen LogP contribution in [0.1, 0.15) is 12.5 Å². The summed E-state index contributed by atoms with van der Waals surface area (Å²) < 4.78 is 22.3. The van der Waals surface area contributed by atoms with Gasteiger partial charge in [0.15, 0.2) is 0 Å². The summed E-state index contributed by atoms with van der Waals surface area (Å²) in [7, 11) is 1.63. The Balaban J connectivity index is 2.34. The number of halogens is 1. The van der Waals surface area contributed by atoms with Crippen LogP contribution >= 0.6 is 10.7 Å². The minimum atomic E-state index is -3.64. The van der Waals surface area contributed by atoms with E-state index in [9.17, 15) is 8.42 Å². The van der Waals surface area contributed by atoms with Crippen LogP contribution in [0.15, 0.2) is 53.4 Å². The fourth-order valence-electron chi connectivity index (χ4n) is 1.74. The van der Waals surface area contributed by atoms with Crippen LogP contribution in [-0.4, -0.2) is 8.42 Å². The zero-order valence-corrected chi connectivity index (χ0v) is 11.5. The molecule has 0 aliphatic heterocycles. The van der Waals surface area contributed by atoms with Crippen molar-refractivity contribution >= 4 is 19.7 Å². The summed E-state index contributed by atoms with van der Waals surface area (Å²) in [6.07, 6.45) is 1.00. The summed E-state index contributed by atoms with van der Waals surface area (Å²) in [6, 6.07) is 14.8. The molecule has 18 heavy (non-hydrogen) atoms. The predicted octanol–water partition coefficient (Wildman–Crippen LogP) is 3.84. The van der Waals surface area contributed by atoms with Crippen molar-refractivity contribution < 1.29 is 8.42 Å². The van der Waals surface area contributed by atoms with Crippen molar-refractivity contribution in [3.8, 4) is 11.1 Å². The highest BCUT2D eigenvalue weighted by atomic mass is 35.7. The van der Waals surface area contributed by atoms with Gasteiger partial charge in [-0.05, 0) is 35.2 Å². The van der Waals surface area contributed by atoms with Crippen molar-refractivity contribution in [2.75, 3.05) is 0 Å². The maximum Gasteiger partial charge on any atom is 0.261 e. The zero-order valence-electron chi connectivity index (χ0n) is 9.93. The van der Waals surface area contributed by atoms with Gasteiger partial charge in [0.05, 0.1) is 4.90 Å². The van der Waals surface area contributed by atoms with Gasteiger partial charge in [-0.25, -0.2) is 8.42 Å². The molecule has 0 aliphatic carbocycles. The van der Waals surface area contributed by atoms with Gasteiger partial charge in [0.2, 0.25) is 0 Å². The van der Waals surface area contributed by atoms with E-state index < -0.39 is 9.05 Å². The Bertz CT molecular complexity index is 628. The molecule has 0 atom stereocenters. The Labute approximate surface area is 112 Å². The molecule has 0 amide bonds. The molecule has 4 heteroatoms. The van der Waals surface area contributed by atoms with Crippen molar-refractivity contribution in [1.82, 2.24) is 0 Å². The second-order valence-corrected chi connectivity index (χ2v) is 6.58. The third kappa shape index (κ3) is 2.92. The first-order chi connectivity index (χ1) is 8.50. The Hall–Kier alpha value is -1.32. The van der Waals surface area contributed by atoms with E-state index in [1.54, 1.807) is 12.1 Å². The lowest BCUT2D eigenvalue weighted by molar-refractivity contribution is 0.609. The van der Waals surface area contributed by atoms with E-state index in [-0.39, 0.29) is 4.90 Å². The Morgan fingerprint density at radius 3 is 1.72 bits per heavy atom. The third-order valence-corrected chi connectivity index (χ3v) is 4.20. The zero-order chi connectivity index (χ0) is 13.2. The van der Waals surface area contributed by atoms with Crippen LogP contribution in [0, 0.1) is 0 Å². The Kier molecular flexibility index (Phi) is 3.73. The molecule has 2 nitrogen and oxygen atoms in total. The maximum absolute atomic E-state index is 11.1. The first-order valence-corrected chi connectivity index (χ1v) is 7.95. The van der Waals surface area contributed by atoms with Gasteiger partial charge in [-0.15, -0.1) is 0 Å². The van der Waals surface area contributed by atoms with Crippen LogP contribution in [0.5, 0.6) is 0 Å². The minimum Gasteiger partial charge on any atom is -0.207 e. The summed E-state index contributed by atoms with van der Waals surface area (Å²) in [6.45, 7) is 2.11. The maximum atomic E-state index is 11.1. The van der Waals surface area contributed by atoms with Gasteiger partial charge in [-0.2, -0.15) is 0 Å². The number of aryl methyl sites for hydroxylation is 1. The number of rotatable bonds is 3. The highest BCUT2D eigenvalue weighted by Crippen LogP contribution is 2.23. The van der Waals surface area contributed by atoms with Crippen LogP contribution < -0.4 is 0 Å². The van der Waals surface area contributed by atoms with Gasteiger partial charge in [0.1, 0.15) is 0 Å². The van der Waals surface area contributed by atoms with Crippen molar-refractivity contribution in [1.29, 1.82) is 0 Å². The third-order valence-electron chi connectivity index (χ3n) is 2.83. The minimum absolute atomic E-state index is 0.123. The number of hydrogen-bond acceptors (Lipinski definition) is 2. The molecule has 0 saturated carbocycles. The fraction of sp³-hybridized carbons (Fsp3) is 0.143. The summed E-state index contributed by atoms with van der Waals surface area (Å²) in [5, 5.41) is 0. The van der Waals surface area contributed by atoms with Gasteiger partial charge < -0.3 is 0 Å². The molecule has 0 aliphatic rings. The van der Waals surface area contributed by atoms with E-state index in [0.29, 0.717) is 0 Å². The summed E-state index contributed by atoms with van der Waals surface area (Å²) in [4.78, 5) is 0.123. The summed E-state index contributed by atoms with van der Waals surface area (Å²) in [5.74, 6) is 0. The lowest BCUT2D eigenvalue weighted by Crippen LogP contribution is -1.90. The molecular weight excluding hydrogens is 268 g/mol. The molecule has 2 aromatic carbocycles. The Morgan fingerprint density at radius 2 is 1.33 bits per heavy atom. The largest absolute Gasteiger partial charge is 0.261 e. The highest BCUT2D eigenvalue weighted by Gasteiger charge is 2.09. The molecular formula is C14H13ClO2S. The molecule has 0 fully saturated rings. The monoisotopic (exact) mass is 280 g/mol. The molecule has 0 aromatic heterocycles. The van der Waals surface area contributed by atoms with Crippen LogP contribution in [0.2, 0.25) is 0 Å². The normalized spacial score (nSPS) is 11.4. The molecule has 0 heterocycles. The number of hydrogen-bond donors (Lipinski definition) is 0. The lowest BCUT2D eigenvalue weighted by Gasteiger charge is -2.04. The second-order valence-electron chi connectivity index (χ2n) is 4.01. The standard InChI is InChI=1S/C14H13ClO2S/c1-2-11-3-5-12(6-4-11)13-7-9-14(10-8-13)18(15,16)17/h3-10H,2H2,1H3. The van der Waals surface area contributed by atoms with E-state index in [1.807, 2.05) is 12.1 Å². The van der Waals surface area contributed by atoms with Crippen molar-refractivity contribution in [2.24, 2.45) is 0 Å². The molecule has 94 valence electrons. The molecule has 2 aromatic rings. The molecule has 0 bridgehead atoms. The molecule has 0 radical (unpaired) electrons. The highest BCUT2D eigenvalue weighted by molar-refractivity contribution is 8.13. The molecule has 0 saturated heterocycles. The van der Waals surface area contributed by atoms with Crippen LogP contribution in [0.4, 0.5) is 0 Å². The summed E-state index contributed by atoms with van der Waals surface area (Å²) in [5.41, 5.74) is 3.31. The van der Waals surface area contributed by atoms with Crippen LogP contribution in [0.3, 0.4) is 0 Å². The van der Waals surface area contributed by atoms with Crippen LogP contribution in [-0.2, 0) is 15.5 Å². The van der Waals surface area contributed by atoms with Gasteiger partial charge in [0, 0.05) is 10.7 Å². The van der Waals surface area contributed by atoms with E-state index >= 15 is 0 Å². The lowest BCUT2D eigenvalue weighted by atomic mass is 10.0. The molecule has 0 unspecified atom stereocenters. The first-order valence-electron chi connectivity index (χ1n) is 5.65. The smallest absolute Gasteiger partial charge is 0.207 e. The quantitative estimate of drug-likeness (QED) is 0.801. The van der Waals surface area contributed by atoms with Gasteiger partial charge in [0.25, 0.3) is 9.05 Å². The average molecular weight is 281 g/mol. The topological polar surface area (TPSA) is 34.1 Å². The predicted molar refractivity (Wildman–Crippen MR) is 74.3 cm³/mol. The van der Waals surface area contributed by atoms with Crippen molar-refractivity contribution in [2.45, 2.75) is 18.2 Å². The van der Waals surface area contributed by atoms with E-state index in [1.165, 1.54) is 17.7 Å². The molecule has 0 N–H and O–H groups in total. The molecule has 2 rings (SSSR count). The van der Waals surface area contributed by atoms with Gasteiger partial charge in [-0.3, -0.25) is 0 Å². The summed E-state index contributed by atoms with van der Waals surface area (Å²) >= 11 is 0. The van der Waals surface area contributed by atoms with E-state index in [0.717, 1.165) is 17.5 Å². The van der Waals surface area contributed by atoms with Crippen LogP contribution in [0.25, 0.3) is 11.1 Å². The van der Waals surface area contributed by atoms with Gasteiger partial charge >= 0.3 is 0 Å². The molecule has 0 spiro atoms. The van der Waals surface area contributed by atoms with Gasteiger partial charge in [-0.1, -0.05) is 43.3 Å². The van der Waals surface area contributed by atoms with Crippen molar-refractivity contribution in [3.05, 3.63) is 54.1 Å².